The number of amides is 3. The number of carbonyl (C=O) groups excluding carboxylic acids is 3. The quantitative estimate of drug-likeness (QED) is 0.156. The monoisotopic (exact) mass is 465 g/mol. The minimum atomic E-state index is -0.358. The molecule has 3 amide bonds. The molecule has 0 aromatic heterocycles. The summed E-state index contributed by atoms with van der Waals surface area (Å²) in [5, 5.41) is 2.64. The van der Waals surface area contributed by atoms with Crippen molar-refractivity contribution in [1.82, 2.24) is 10.2 Å². The minimum absolute atomic E-state index is 0.159. The highest BCUT2D eigenvalue weighted by Crippen LogP contribution is 2.01. The molecule has 0 saturated heterocycles. The van der Waals surface area contributed by atoms with E-state index in [1.54, 1.807) is 6.26 Å². The molecule has 0 aromatic carbocycles. The van der Waals surface area contributed by atoms with Crippen molar-refractivity contribution >= 4 is 30.4 Å². The van der Waals surface area contributed by atoms with Gasteiger partial charge in [0.25, 0.3) is 11.8 Å². The number of rotatable bonds is 17. The molecule has 1 aliphatic heterocycles. The smallest absolute Gasteiger partial charge is 0.253 e. The van der Waals surface area contributed by atoms with Crippen LogP contribution >= 0.6 is 12.6 Å². The van der Waals surface area contributed by atoms with Crippen LogP contribution in [0.25, 0.3) is 0 Å². The van der Waals surface area contributed by atoms with Crippen LogP contribution in [0.5, 0.6) is 0 Å². The predicted molar refractivity (Wildman–Crippen MR) is 122 cm³/mol. The van der Waals surface area contributed by atoms with Gasteiger partial charge in [0.15, 0.2) is 0 Å². The van der Waals surface area contributed by atoms with Gasteiger partial charge in [-0.1, -0.05) is 13.8 Å². The molecule has 1 rings (SSSR count). The molecule has 1 aliphatic rings. The molecule has 11 heteroatoms. The van der Waals surface area contributed by atoms with Gasteiger partial charge in [0.05, 0.1) is 52.9 Å². The number of ether oxygens (including phenoxy) is 4. The number of hydrogen-bond donors (Lipinski definition) is 3. The Bertz CT molecular complexity index is 475. The Kier molecular flexibility index (Phi) is 25.3. The van der Waals surface area contributed by atoms with Gasteiger partial charge in [0.2, 0.25) is 5.91 Å². The third-order valence-corrected chi connectivity index (χ3v) is 3.41. The van der Waals surface area contributed by atoms with E-state index in [-0.39, 0.29) is 43.8 Å². The maximum atomic E-state index is 11.6. The zero-order chi connectivity index (χ0) is 23.7. The van der Waals surface area contributed by atoms with E-state index in [9.17, 15) is 14.4 Å². The number of imide groups is 1. The van der Waals surface area contributed by atoms with Gasteiger partial charge in [-0.25, -0.2) is 0 Å². The number of nitrogens with zero attached hydrogens (tertiary/aromatic N) is 1. The van der Waals surface area contributed by atoms with Gasteiger partial charge < -0.3 is 30.0 Å². The Morgan fingerprint density at radius 3 is 1.74 bits per heavy atom. The second-order valence-corrected chi connectivity index (χ2v) is 5.50. The van der Waals surface area contributed by atoms with E-state index in [4.69, 9.17) is 24.7 Å². The highest BCUT2D eigenvalue weighted by Gasteiger charge is 2.22. The number of nitrogens with two attached hydrogens (primary N) is 1. The minimum Gasteiger partial charge on any atom is -0.379 e. The number of nitrogens with one attached hydrogen (secondary N) is 1. The summed E-state index contributed by atoms with van der Waals surface area (Å²) in [6.45, 7) is 8.45. The molecule has 0 bridgehead atoms. The van der Waals surface area contributed by atoms with Gasteiger partial charge in [0, 0.05) is 38.2 Å². The topological polar surface area (TPSA) is 129 Å². The second kappa shape index (κ2) is 24.8. The molecule has 0 spiro atoms. The maximum absolute atomic E-state index is 11.6. The van der Waals surface area contributed by atoms with Gasteiger partial charge in [0.1, 0.15) is 0 Å². The lowest BCUT2D eigenvalue weighted by Gasteiger charge is -2.14. The van der Waals surface area contributed by atoms with Gasteiger partial charge in [-0.15, -0.1) is 0 Å². The zero-order valence-corrected chi connectivity index (χ0v) is 19.9. The first-order valence-corrected chi connectivity index (χ1v) is 11.3. The molecule has 10 nitrogen and oxygen atoms in total. The summed E-state index contributed by atoms with van der Waals surface area (Å²) in [4.78, 5) is 35.3. The average Bonchev–Trinajstić information content (AvgIpc) is 3.12. The van der Waals surface area contributed by atoms with E-state index in [1.165, 1.54) is 12.2 Å². The van der Waals surface area contributed by atoms with Crippen LogP contribution in [0.3, 0.4) is 0 Å². The lowest BCUT2D eigenvalue weighted by atomic mass is 10.4. The first-order valence-electron chi connectivity index (χ1n) is 10.4. The fourth-order valence-electron chi connectivity index (χ4n) is 2.06. The van der Waals surface area contributed by atoms with Crippen LogP contribution < -0.4 is 11.1 Å². The number of hydrogen-bond acceptors (Lipinski definition) is 9. The molecule has 182 valence electrons. The predicted octanol–water partition coefficient (Wildman–Crippen LogP) is 0.0150. The van der Waals surface area contributed by atoms with E-state index < -0.39 is 0 Å². The van der Waals surface area contributed by atoms with Gasteiger partial charge in [-0.3, -0.25) is 19.3 Å². The van der Waals surface area contributed by atoms with Gasteiger partial charge in [-0.2, -0.15) is 12.6 Å². The maximum Gasteiger partial charge on any atom is 0.253 e. The third kappa shape index (κ3) is 18.9. The zero-order valence-electron chi connectivity index (χ0n) is 19.0. The molecule has 0 unspecified atom stereocenters. The Morgan fingerprint density at radius 1 is 0.871 bits per heavy atom. The molecule has 0 aliphatic carbocycles. The summed E-state index contributed by atoms with van der Waals surface area (Å²) in [5.41, 5.74) is 5.28. The largest absolute Gasteiger partial charge is 0.379 e. The van der Waals surface area contributed by atoms with Crippen molar-refractivity contribution in [3.05, 3.63) is 12.2 Å². The van der Waals surface area contributed by atoms with Crippen molar-refractivity contribution in [2.45, 2.75) is 20.3 Å². The summed E-state index contributed by atoms with van der Waals surface area (Å²) in [6.07, 6.45) is 4.32. The lowest BCUT2D eigenvalue weighted by Crippen LogP contribution is -2.38. The van der Waals surface area contributed by atoms with E-state index in [2.05, 4.69) is 17.9 Å². The Balaban J connectivity index is 0. The summed E-state index contributed by atoms with van der Waals surface area (Å²) >= 11 is 3.53. The Hall–Kier alpha value is -1.50. The normalized spacial score (nSPS) is 12.2. The highest BCUT2D eigenvalue weighted by atomic mass is 32.1. The molecule has 0 saturated carbocycles. The van der Waals surface area contributed by atoms with Crippen LogP contribution in [0.1, 0.15) is 20.3 Å². The number of carbonyl (C=O) groups is 3. The molecule has 3 N–H and O–H groups in total. The van der Waals surface area contributed by atoms with E-state index >= 15 is 0 Å². The standard InChI is InChI=1S/C17H29N3O7.C2H6.CH4S/c18-4-8-25-10-12-27-14-13-26-11-9-24-7-3-15(21)19-5-6-20-16(22)1-2-17(20)23;2*1-2/h1-2H,3-14,18H2,(H,19,21);1-2H3;2H,1H3. The van der Waals surface area contributed by atoms with Crippen LogP contribution in [0, 0.1) is 0 Å². The first kappa shape index (κ1) is 31.7. The van der Waals surface area contributed by atoms with Crippen LogP contribution in [0.4, 0.5) is 0 Å². The fraction of sp³-hybridized carbons (Fsp3) is 0.750. The molecule has 0 fully saturated rings. The molecule has 0 aromatic rings. The van der Waals surface area contributed by atoms with E-state index in [1.807, 2.05) is 13.8 Å². The third-order valence-electron chi connectivity index (χ3n) is 3.41. The van der Waals surface area contributed by atoms with Crippen molar-refractivity contribution in [3.63, 3.8) is 0 Å². The summed E-state index contributed by atoms with van der Waals surface area (Å²) < 4.78 is 21.1. The molecular weight excluding hydrogens is 426 g/mol. The van der Waals surface area contributed by atoms with Crippen LogP contribution in [0.2, 0.25) is 0 Å². The van der Waals surface area contributed by atoms with Crippen molar-refractivity contribution < 1.29 is 33.3 Å². The lowest BCUT2D eigenvalue weighted by molar-refractivity contribution is -0.137. The fourth-order valence-corrected chi connectivity index (χ4v) is 2.06. The van der Waals surface area contributed by atoms with Crippen molar-refractivity contribution in [3.8, 4) is 0 Å². The summed E-state index contributed by atoms with van der Waals surface area (Å²) in [7, 11) is 0. The van der Waals surface area contributed by atoms with Crippen LogP contribution in [-0.2, 0) is 33.3 Å². The van der Waals surface area contributed by atoms with E-state index in [0.717, 1.165) is 4.90 Å². The van der Waals surface area contributed by atoms with Gasteiger partial charge >= 0.3 is 0 Å². The highest BCUT2D eigenvalue weighted by molar-refractivity contribution is 7.79. The Morgan fingerprint density at radius 2 is 1.29 bits per heavy atom. The number of thiol groups is 1. The molecule has 0 radical (unpaired) electrons. The van der Waals surface area contributed by atoms with Crippen LogP contribution in [0.15, 0.2) is 12.2 Å². The van der Waals surface area contributed by atoms with Gasteiger partial charge in [-0.05, 0) is 6.26 Å². The molecular formula is C20H39N3O7S. The second-order valence-electron chi connectivity index (χ2n) is 5.50. The van der Waals surface area contributed by atoms with Crippen molar-refractivity contribution in [2.24, 2.45) is 5.73 Å². The van der Waals surface area contributed by atoms with Crippen molar-refractivity contribution in [1.29, 1.82) is 0 Å². The van der Waals surface area contributed by atoms with Crippen molar-refractivity contribution in [2.75, 3.05) is 78.7 Å². The molecule has 31 heavy (non-hydrogen) atoms. The summed E-state index contributed by atoms with van der Waals surface area (Å²) in [5.74, 6) is -0.918. The first-order chi connectivity index (χ1) is 15.1. The van der Waals surface area contributed by atoms with E-state index in [0.29, 0.717) is 52.8 Å². The average molecular weight is 466 g/mol. The van der Waals surface area contributed by atoms with Crippen LogP contribution in [-0.4, -0.2) is 101 Å². The Labute approximate surface area is 191 Å². The SMILES string of the molecule is CC.CS.NCCOCCOCCOCCOCCC(=O)NCCN1C(=O)C=CC1=O. The molecule has 1 heterocycles. The molecule has 0 atom stereocenters. The summed E-state index contributed by atoms with van der Waals surface area (Å²) in [6, 6.07) is 0.